The summed E-state index contributed by atoms with van der Waals surface area (Å²) < 4.78 is 0. The fourth-order valence-corrected chi connectivity index (χ4v) is 3.14. The third-order valence-corrected chi connectivity index (χ3v) is 4.32. The molecule has 1 fully saturated rings. The lowest BCUT2D eigenvalue weighted by Crippen LogP contribution is -2.36. The molecule has 0 bridgehead atoms. The first-order valence-electron chi connectivity index (χ1n) is 7.42. The van der Waals surface area contributed by atoms with Gasteiger partial charge in [0, 0.05) is 18.3 Å². The van der Waals surface area contributed by atoms with Gasteiger partial charge in [-0.05, 0) is 43.7 Å². The van der Waals surface area contributed by atoms with Gasteiger partial charge in [-0.2, -0.15) is 0 Å². The summed E-state index contributed by atoms with van der Waals surface area (Å²) >= 11 is 0. The molecule has 1 saturated carbocycles. The maximum absolute atomic E-state index is 10.9. The SMILES string of the molecule is Cc1ccc(N(CCC(=O)O)C2CCC(C)(C)C2)cc1. The van der Waals surface area contributed by atoms with E-state index in [4.69, 9.17) is 5.11 Å². The second kappa shape index (κ2) is 5.86. The van der Waals surface area contributed by atoms with Gasteiger partial charge in [0.2, 0.25) is 0 Å². The molecule has 0 radical (unpaired) electrons. The van der Waals surface area contributed by atoms with Crippen molar-refractivity contribution in [2.24, 2.45) is 5.41 Å². The van der Waals surface area contributed by atoms with Crippen molar-refractivity contribution in [2.45, 2.75) is 52.5 Å². The van der Waals surface area contributed by atoms with Gasteiger partial charge in [-0.3, -0.25) is 4.79 Å². The Hall–Kier alpha value is -1.51. The highest BCUT2D eigenvalue weighted by Crippen LogP contribution is 2.40. The number of carbonyl (C=O) groups is 1. The van der Waals surface area contributed by atoms with Crippen LogP contribution in [0.15, 0.2) is 24.3 Å². The maximum atomic E-state index is 10.9. The van der Waals surface area contributed by atoms with Crippen LogP contribution in [0.1, 0.15) is 45.1 Å². The van der Waals surface area contributed by atoms with Gasteiger partial charge in [-0.15, -0.1) is 0 Å². The average Bonchev–Trinajstić information content (AvgIpc) is 2.72. The molecule has 1 aliphatic carbocycles. The van der Waals surface area contributed by atoms with Crippen molar-refractivity contribution in [1.82, 2.24) is 0 Å². The van der Waals surface area contributed by atoms with Gasteiger partial charge in [0.1, 0.15) is 0 Å². The van der Waals surface area contributed by atoms with Gasteiger partial charge >= 0.3 is 5.97 Å². The lowest BCUT2D eigenvalue weighted by Gasteiger charge is -2.32. The van der Waals surface area contributed by atoms with E-state index in [1.54, 1.807) is 0 Å². The Kier molecular flexibility index (Phi) is 4.36. The highest BCUT2D eigenvalue weighted by atomic mass is 16.4. The monoisotopic (exact) mass is 275 g/mol. The van der Waals surface area contributed by atoms with Crippen molar-refractivity contribution in [3.05, 3.63) is 29.8 Å². The van der Waals surface area contributed by atoms with Crippen LogP contribution < -0.4 is 4.90 Å². The molecule has 1 aromatic carbocycles. The van der Waals surface area contributed by atoms with E-state index in [1.807, 2.05) is 0 Å². The summed E-state index contributed by atoms with van der Waals surface area (Å²) in [5.74, 6) is -0.723. The van der Waals surface area contributed by atoms with Crippen molar-refractivity contribution < 1.29 is 9.90 Å². The molecule has 3 heteroatoms. The number of aryl methyl sites for hydroxylation is 1. The lowest BCUT2D eigenvalue weighted by molar-refractivity contribution is -0.136. The van der Waals surface area contributed by atoms with Crippen LogP contribution in [-0.2, 0) is 4.79 Å². The van der Waals surface area contributed by atoms with Crippen molar-refractivity contribution in [1.29, 1.82) is 0 Å². The summed E-state index contributed by atoms with van der Waals surface area (Å²) in [6.45, 7) is 7.28. The van der Waals surface area contributed by atoms with E-state index in [-0.39, 0.29) is 6.42 Å². The molecular weight excluding hydrogens is 250 g/mol. The highest BCUT2D eigenvalue weighted by molar-refractivity contribution is 5.67. The molecule has 0 saturated heterocycles. The van der Waals surface area contributed by atoms with Crippen LogP contribution >= 0.6 is 0 Å². The summed E-state index contributed by atoms with van der Waals surface area (Å²) in [6.07, 6.45) is 3.71. The largest absolute Gasteiger partial charge is 0.481 e. The molecule has 0 aliphatic heterocycles. The van der Waals surface area contributed by atoms with Crippen LogP contribution in [0.5, 0.6) is 0 Å². The number of nitrogens with zero attached hydrogens (tertiary/aromatic N) is 1. The molecule has 1 N–H and O–H groups in total. The van der Waals surface area contributed by atoms with Gasteiger partial charge in [0.05, 0.1) is 6.42 Å². The van der Waals surface area contributed by atoms with Crippen molar-refractivity contribution in [2.75, 3.05) is 11.4 Å². The quantitative estimate of drug-likeness (QED) is 0.887. The summed E-state index contributed by atoms with van der Waals surface area (Å²) in [5, 5.41) is 8.97. The van der Waals surface area contributed by atoms with Gasteiger partial charge in [-0.25, -0.2) is 0 Å². The lowest BCUT2D eigenvalue weighted by atomic mass is 9.91. The van der Waals surface area contributed by atoms with E-state index in [1.165, 1.54) is 12.0 Å². The Labute approximate surface area is 121 Å². The fraction of sp³-hybridized carbons (Fsp3) is 0.588. The third kappa shape index (κ3) is 3.75. The second-order valence-electron chi connectivity index (χ2n) is 6.73. The minimum absolute atomic E-state index is 0.199. The molecule has 1 unspecified atom stereocenters. The average molecular weight is 275 g/mol. The number of carboxylic acids is 1. The molecule has 110 valence electrons. The molecule has 1 aliphatic rings. The number of hydrogen-bond donors (Lipinski definition) is 1. The van der Waals surface area contributed by atoms with Crippen LogP contribution in [0, 0.1) is 12.3 Å². The zero-order valence-electron chi connectivity index (χ0n) is 12.7. The summed E-state index contributed by atoms with van der Waals surface area (Å²) in [6, 6.07) is 8.89. The van der Waals surface area contributed by atoms with Gasteiger partial charge < -0.3 is 10.0 Å². The van der Waals surface area contributed by atoms with Crippen LogP contribution in [-0.4, -0.2) is 23.7 Å². The standard InChI is InChI=1S/C17H25NO2/c1-13-4-6-14(7-5-13)18(11-9-16(19)20)15-8-10-17(2,3)12-15/h4-7,15H,8-12H2,1-3H3,(H,19,20). The molecule has 3 nitrogen and oxygen atoms in total. The highest BCUT2D eigenvalue weighted by Gasteiger charge is 2.34. The summed E-state index contributed by atoms with van der Waals surface area (Å²) in [4.78, 5) is 13.2. The Morgan fingerprint density at radius 3 is 2.50 bits per heavy atom. The molecule has 0 spiro atoms. The molecule has 20 heavy (non-hydrogen) atoms. The number of aliphatic carboxylic acids is 1. The fourth-order valence-electron chi connectivity index (χ4n) is 3.14. The second-order valence-corrected chi connectivity index (χ2v) is 6.73. The Morgan fingerprint density at radius 1 is 1.35 bits per heavy atom. The van der Waals surface area contributed by atoms with Crippen LogP contribution in [0.4, 0.5) is 5.69 Å². The smallest absolute Gasteiger partial charge is 0.305 e. The number of anilines is 1. The zero-order chi connectivity index (χ0) is 14.8. The molecular formula is C17H25NO2. The van der Waals surface area contributed by atoms with Crippen LogP contribution in [0.25, 0.3) is 0 Å². The number of hydrogen-bond acceptors (Lipinski definition) is 2. The number of carboxylic acid groups (broad SMARTS) is 1. The molecule has 0 heterocycles. The first kappa shape index (κ1) is 14.9. The maximum Gasteiger partial charge on any atom is 0.305 e. The van der Waals surface area contributed by atoms with E-state index >= 15 is 0 Å². The summed E-state index contributed by atoms with van der Waals surface area (Å²) in [5.41, 5.74) is 2.76. The molecule has 1 aromatic rings. The number of benzene rings is 1. The molecule has 0 aromatic heterocycles. The minimum Gasteiger partial charge on any atom is -0.481 e. The first-order valence-corrected chi connectivity index (χ1v) is 7.42. The number of rotatable bonds is 5. The predicted octanol–water partition coefficient (Wildman–Crippen LogP) is 3.85. The van der Waals surface area contributed by atoms with Gasteiger partial charge in [0.25, 0.3) is 0 Å². The van der Waals surface area contributed by atoms with Crippen molar-refractivity contribution >= 4 is 11.7 Å². The van der Waals surface area contributed by atoms with E-state index in [2.05, 4.69) is 49.9 Å². The Morgan fingerprint density at radius 2 is 2.00 bits per heavy atom. The van der Waals surface area contributed by atoms with Crippen LogP contribution in [0.2, 0.25) is 0 Å². The summed E-state index contributed by atoms with van der Waals surface area (Å²) in [7, 11) is 0. The van der Waals surface area contributed by atoms with Gasteiger partial charge in [0.15, 0.2) is 0 Å². The Balaban J connectivity index is 2.16. The van der Waals surface area contributed by atoms with Gasteiger partial charge in [-0.1, -0.05) is 31.5 Å². The Bertz CT molecular complexity index is 464. The van der Waals surface area contributed by atoms with Crippen LogP contribution in [0.3, 0.4) is 0 Å². The third-order valence-electron chi connectivity index (χ3n) is 4.32. The van der Waals surface area contributed by atoms with Crippen molar-refractivity contribution in [3.8, 4) is 0 Å². The first-order chi connectivity index (χ1) is 9.37. The van der Waals surface area contributed by atoms with E-state index in [0.717, 1.165) is 18.5 Å². The van der Waals surface area contributed by atoms with Crippen molar-refractivity contribution in [3.63, 3.8) is 0 Å². The van der Waals surface area contributed by atoms with E-state index in [9.17, 15) is 4.79 Å². The molecule has 0 amide bonds. The molecule has 1 atom stereocenters. The normalized spacial score (nSPS) is 20.9. The topological polar surface area (TPSA) is 40.5 Å². The van der Waals surface area contributed by atoms with E-state index < -0.39 is 5.97 Å². The van der Waals surface area contributed by atoms with E-state index in [0.29, 0.717) is 18.0 Å². The predicted molar refractivity (Wildman–Crippen MR) is 82.2 cm³/mol. The zero-order valence-corrected chi connectivity index (χ0v) is 12.7. The molecule has 2 rings (SSSR count). The minimum atomic E-state index is -0.723.